The van der Waals surface area contributed by atoms with Gasteiger partial charge in [-0.1, -0.05) is 39.0 Å². The molecule has 4 rings (SSSR count). The summed E-state index contributed by atoms with van der Waals surface area (Å²) in [7, 11) is 0. The molecule has 1 saturated heterocycles. The van der Waals surface area contributed by atoms with Crippen molar-refractivity contribution in [2.75, 3.05) is 6.54 Å². The molecule has 4 atom stereocenters. The van der Waals surface area contributed by atoms with E-state index in [0.717, 1.165) is 16.3 Å². The number of fused-ring (bicyclic) bond motifs is 4. The highest BCUT2D eigenvalue weighted by Gasteiger charge is 2.32. The summed E-state index contributed by atoms with van der Waals surface area (Å²) in [6.45, 7) is 7.88. The first kappa shape index (κ1) is 28.4. The standard InChI is InChI=1S/C30H38N4O5/c1-18(2)28-26(35)13-10-19(3)29(37)34-14-6-8-25(33-34)30(38)39-20(4)21-11-12-22-17-31-24(16-23(22)15-21)7-5-9-27(36)32-28/h5,7,11-12,15-20,25,28,33H,6,8-10,13-14H2,1-4H3,(H,32,36)/b7-5-/t19?,20-,25+,28+/m1/s1. The SMILES string of the molecule is CC1CCC(=O)[C@H](C(C)C)NC(=O)C/C=C\c2cc3cc(ccc3cn2)[C@@H](C)OC(=O)[C@@H]2CCCN(N2)C1=O. The summed E-state index contributed by atoms with van der Waals surface area (Å²) in [4.78, 5) is 56.3. The van der Waals surface area contributed by atoms with E-state index in [4.69, 9.17) is 4.74 Å². The van der Waals surface area contributed by atoms with E-state index in [-0.39, 0.29) is 36.4 Å². The number of aromatic nitrogens is 1. The van der Waals surface area contributed by atoms with Crippen molar-refractivity contribution in [2.24, 2.45) is 11.8 Å². The Labute approximate surface area is 229 Å². The van der Waals surface area contributed by atoms with Gasteiger partial charge in [-0.2, -0.15) is 0 Å². The first-order valence-electron chi connectivity index (χ1n) is 13.8. The van der Waals surface area contributed by atoms with Crippen LogP contribution in [0.2, 0.25) is 0 Å². The van der Waals surface area contributed by atoms with E-state index in [1.54, 1.807) is 25.3 Å². The van der Waals surface area contributed by atoms with Gasteiger partial charge in [-0.3, -0.25) is 29.2 Å². The molecule has 39 heavy (non-hydrogen) atoms. The van der Waals surface area contributed by atoms with Crippen molar-refractivity contribution in [3.8, 4) is 0 Å². The van der Waals surface area contributed by atoms with Crippen molar-refractivity contribution in [1.82, 2.24) is 20.7 Å². The summed E-state index contributed by atoms with van der Waals surface area (Å²) in [5, 5.41) is 6.23. The zero-order valence-electron chi connectivity index (χ0n) is 23.1. The fourth-order valence-electron chi connectivity index (χ4n) is 5.00. The number of hydrogen-bond acceptors (Lipinski definition) is 7. The highest BCUT2D eigenvalue weighted by atomic mass is 16.5. The Morgan fingerprint density at radius 2 is 1.85 bits per heavy atom. The second-order valence-corrected chi connectivity index (χ2v) is 10.9. The summed E-state index contributed by atoms with van der Waals surface area (Å²) in [5.74, 6) is -1.42. The maximum Gasteiger partial charge on any atom is 0.325 e. The van der Waals surface area contributed by atoms with Gasteiger partial charge >= 0.3 is 5.97 Å². The first-order valence-corrected chi connectivity index (χ1v) is 13.8. The molecule has 9 heteroatoms. The minimum atomic E-state index is -0.627. The topological polar surface area (TPSA) is 118 Å². The van der Waals surface area contributed by atoms with E-state index in [9.17, 15) is 19.2 Å². The highest BCUT2D eigenvalue weighted by molar-refractivity contribution is 5.90. The molecule has 2 amide bonds. The average Bonchev–Trinajstić information content (AvgIpc) is 2.93. The fourth-order valence-corrected chi connectivity index (χ4v) is 5.00. The Kier molecular flexibility index (Phi) is 9.12. The largest absolute Gasteiger partial charge is 0.457 e. The molecule has 3 heterocycles. The number of esters is 1. The maximum atomic E-state index is 13.1. The zero-order chi connectivity index (χ0) is 28.1. The molecule has 0 radical (unpaired) electrons. The third-order valence-electron chi connectivity index (χ3n) is 7.43. The smallest absolute Gasteiger partial charge is 0.325 e. The molecule has 1 fully saturated rings. The molecule has 9 nitrogen and oxygen atoms in total. The zero-order valence-corrected chi connectivity index (χ0v) is 23.1. The van der Waals surface area contributed by atoms with Crippen LogP contribution >= 0.6 is 0 Å². The van der Waals surface area contributed by atoms with Gasteiger partial charge in [0.15, 0.2) is 5.78 Å². The van der Waals surface area contributed by atoms with Crippen LogP contribution in [0, 0.1) is 11.8 Å². The number of rotatable bonds is 1. The van der Waals surface area contributed by atoms with Crippen LogP contribution < -0.4 is 10.7 Å². The summed E-state index contributed by atoms with van der Waals surface area (Å²) in [6.07, 6.45) is 6.65. The lowest BCUT2D eigenvalue weighted by molar-refractivity contribution is -0.157. The van der Waals surface area contributed by atoms with Crippen LogP contribution in [0.15, 0.2) is 36.5 Å². The van der Waals surface area contributed by atoms with Gasteiger partial charge < -0.3 is 10.1 Å². The number of nitrogens with one attached hydrogen (secondary N) is 2. The number of ketones is 1. The average molecular weight is 535 g/mol. The molecule has 2 aliphatic rings. The van der Waals surface area contributed by atoms with Crippen LogP contribution in [0.5, 0.6) is 0 Å². The number of ether oxygens (including phenoxy) is 1. The van der Waals surface area contributed by atoms with E-state index in [1.165, 1.54) is 5.01 Å². The Balaban J connectivity index is 1.61. The van der Waals surface area contributed by atoms with Crippen molar-refractivity contribution in [3.63, 3.8) is 0 Å². The van der Waals surface area contributed by atoms with Gasteiger partial charge in [0.05, 0.1) is 11.7 Å². The molecule has 2 aliphatic heterocycles. The van der Waals surface area contributed by atoms with Gasteiger partial charge in [-0.15, -0.1) is 0 Å². The summed E-state index contributed by atoms with van der Waals surface area (Å²) >= 11 is 0. The fraction of sp³-hybridized carbons (Fsp3) is 0.500. The van der Waals surface area contributed by atoms with Crippen LogP contribution in [-0.4, -0.2) is 52.2 Å². The lowest BCUT2D eigenvalue weighted by Gasteiger charge is -2.34. The second kappa shape index (κ2) is 12.5. The molecule has 1 aromatic carbocycles. The molecule has 0 spiro atoms. The van der Waals surface area contributed by atoms with Gasteiger partial charge in [-0.05, 0) is 61.3 Å². The quantitative estimate of drug-likeness (QED) is 0.533. The Bertz CT molecular complexity index is 1270. The number of cyclic esters (lactones) is 1. The van der Waals surface area contributed by atoms with Gasteiger partial charge in [0.2, 0.25) is 11.8 Å². The van der Waals surface area contributed by atoms with Gasteiger partial charge in [0, 0.05) is 36.9 Å². The van der Waals surface area contributed by atoms with E-state index in [2.05, 4.69) is 15.7 Å². The van der Waals surface area contributed by atoms with Gasteiger partial charge in [-0.25, -0.2) is 5.43 Å². The third kappa shape index (κ3) is 7.09. The third-order valence-corrected chi connectivity index (χ3v) is 7.43. The lowest BCUT2D eigenvalue weighted by Crippen LogP contribution is -2.56. The van der Waals surface area contributed by atoms with Crippen molar-refractivity contribution in [1.29, 1.82) is 0 Å². The Hall–Kier alpha value is -3.59. The molecule has 1 aromatic heterocycles. The molecule has 1 unspecified atom stereocenters. The first-order chi connectivity index (χ1) is 18.6. The van der Waals surface area contributed by atoms with Gasteiger partial charge in [0.1, 0.15) is 12.1 Å². The number of pyridine rings is 1. The summed E-state index contributed by atoms with van der Waals surface area (Å²) in [5.41, 5.74) is 4.59. The van der Waals surface area contributed by atoms with Crippen LogP contribution in [0.3, 0.4) is 0 Å². The van der Waals surface area contributed by atoms with Gasteiger partial charge in [0.25, 0.3) is 0 Å². The summed E-state index contributed by atoms with van der Waals surface area (Å²) in [6, 6.07) is 6.48. The number of Topliss-reactive ketones (excluding diaryl/α,β-unsaturated/α-hetero) is 1. The number of hydrazine groups is 1. The van der Waals surface area contributed by atoms with Crippen LogP contribution in [-0.2, 0) is 23.9 Å². The number of carbonyl (C=O) groups excluding carboxylic acids is 4. The van der Waals surface area contributed by atoms with Crippen molar-refractivity contribution >= 4 is 40.4 Å². The predicted octanol–water partition coefficient (Wildman–Crippen LogP) is 3.88. The molecular weight excluding hydrogens is 496 g/mol. The normalized spacial score (nSPS) is 26.7. The maximum absolute atomic E-state index is 13.1. The molecule has 0 saturated carbocycles. The Morgan fingerprint density at radius 3 is 2.62 bits per heavy atom. The summed E-state index contributed by atoms with van der Waals surface area (Å²) < 4.78 is 5.80. The number of amides is 2. The molecule has 0 aliphatic carbocycles. The minimum Gasteiger partial charge on any atom is -0.457 e. The van der Waals surface area contributed by atoms with Crippen molar-refractivity contribution in [2.45, 2.75) is 78.0 Å². The molecule has 2 aromatic rings. The van der Waals surface area contributed by atoms with Crippen LogP contribution in [0.1, 0.15) is 77.2 Å². The molecule has 5 bridgehead atoms. The number of nitrogens with zero attached hydrogens (tertiary/aromatic N) is 2. The van der Waals surface area contributed by atoms with Crippen LogP contribution in [0.25, 0.3) is 16.8 Å². The second-order valence-electron chi connectivity index (χ2n) is 10.9. The Morgan fingerprint density at radius 1 is 1.05 bits per heavy atom. The number of benzene rings is 1. The van der Waals surface area contributed by atoms with Crippen molar-refractivity contribution < 1.29 is 23.9 Å². The monoisotopic (exact) mass is 534 g/mol. The number of hydrogen-bond donors (Lipinski definition) is 2. The molecule has 2 N–H and O–H groups in total. The minimum absolute atomic E-state index is 0.0868. The van der Waals surface area contributed by atoms with Crippen molar-refractivity contribution in [3.05, 3.63) is 47.8 Å². The number of carbonyl (C=O) groups is 4. The highest BCUT2D eigenvalue weighted by Crippen LogP contribution is 2.25. The van der Waals surface area contributed by atoms with E-state index in [0.29, 0.717) is 31.5 Å². The van der Waals surface area contributed by atoms with E-state index < -0.39 is 30.1 Å². The predicted molar refractivity (Wildman–Crippen MR) is 148 cm³/mol. The van der Waals surface area contributed by atoms with Crippen LogP contribution in [0.4, 0.5) is 0 Å². The molecular formula is C30H38N4O5. The van der Waals surface area contributed by atoms with E-state index in [1.807, 2.05) is 45.0 Å². The lowest BCUT2D eigenvalue weighted by atomic mass is 9.93. The van der Waals surface area contributed by atoms with E-state index >= 15 is 0 Å². The molecule has 208 valence electrons.